The highest BCUT2D eigenvalue weighted by Gasteiger charge is 2.11. The number of carbonyl (C=O) groups is 2. The number of benzene rings is 1. The summed E-state index contributed by atoms with van der Waals surface area (Å²) in [6, 6.07) is 13.3. The van der Waals surface area contributed by atoms with Crippen LogP contribution in [0.1, 0.15) is 24.9 Å². The molecule has 0 aliphatic heterocycles. The zero-order valence-corrected chi connectivity index (χ0v) is 13.3. The van der Waals surface area contributed by atoms with Gasteiger partial charge in [0.1, 0.15) is 4.88 Å². The molecule has 5 heteroatoms. The second-order valence-corrected chi connectivity index (χ2v) is 7.02. The molecule has 0 amide bonds. The molecule has 3 rings (SSSR count). The van der Waals surface area contributed by atoms with Gasteiger partial charge in [-0.3, -0.25) is 4.79 Å². The molecule has 0 unspecified atom stereocenters. The van der Waals surface area contributed by atoms with Crippen LogP contribution in [0.4, 0.5) is 0 Å². The number of aryl methyl sites for hydroxylation is 1. The summed E-state index contributed by atoms with van der Waals surface area (Å²) in [5.74, 6) is -0.898. The van der Waals surface area contributed by atoms with Gasteiger partial charge in [-0.15, -0.1) is 22.7 Å². The Morgan fingerprint density at radius 3 is 2.41 bits per heavy atom. The molecule has 0 atom stereocenters. The van der Waals surface area contributed by atoms with Gasteiger partial charge in [-0.1, -0.05) is 12.1 Å². The Kier molecular flexibility index (Phi) is 3.92. The van der Waals surface area contributed by atoms with Gasteiger partial charge in [-0.05, 0) is 53.9 Å². The third-order valence-electron chi connectivity index (χ3n) is 3.34. The monoisotopic (exact) mass is 328 g/mol. The maximum absolute atomic E-state index is 11.0. The van der Waals surface area contributed by atoms with Crippen molar-refractivity contribution in [2.24, 2.45) is 0 Å². The van der Waals surface area contributed by atoms with Gasteiger partial charge in [0.2, 0.25) is 0 Å². The smallest absolute Gasteiger partial charge is 0.345 e. The largest absolute Gasteiger partial charge is 0.477 e. The number of carbonyl (C=O) groups excluding carboxylic acids is 1. The van der Waals surface area contributed by atoms with Gasteiger partial charge in [0.25, 0.3) is 0 Å². The van der Waals surface area contributed by atoms with Gasteiger partial charge >= 0.3 is 5.97 Å². The summed E-state index contributed by atoms with van der Waals surface area (Å²) >= 11 is 2.74. The molecule has 0 fully saturated rings. The second kappa shape index (κ2) is 5.87. The lowest BCUT2D eigenvalue weighted by Gasteiger charge is -2.06. The van der Waals surface area contributed by atoms with E-state index in [0.29, 0.717) is 9.75 Å². The Hall–Kier alpha value is -2.24. The third kappa shape index (κ3) is 2.73. The van der Waals surface area contributed by atoms with E-state index in [1.54, 1.807) is 6.07 Å². The maximum Gasteiger partial charge on any atom is 0.345 e. The number of aromatic carboxylic acids is 1. The van der Waals surface area contributed by atoms with Gasteiger partial charge < -0.3 is 5.11 Å². The minimum absolute atomic E-state index is 0.340. The molecule has 110 valence electrons. The first-order valence-corrected chi connectivity index (χ1v) is 8.21. The van der Waals surface area contributed by atoms with Crippen LogP contribution in [0.2, 0.25) is 0 Å². The summed E-state index contributed by atoms with van der Waals surface area (Å²) in [5.41, 5.74) is 3.18. The first-order valence-electron chi connectivity index (χ1n) is 6.58. The van der Waals surface area contributed by atoms with Crippen molar-refractivity contribution in [2.45, 2.75) is 6.92 Å². The number of carboxylic acid groups (broad SMARTS) is 1. The number of hydrogen-bond donors (Lipinski definition) is 1. The van der Waals surface area contributed by atoms with E-state index in [1.165, 1.54) is 22.7 Å². The van der Waals surface area contributed by atoms with Crippen molar-refractivity contribution in [2.75, 3.05) is 0 Å². The van der Waals surface area contributed by atoms with Crippen LogP contribution in [0, 0.1) is 6.92 Å². The first-order chi connectivity index (χ1) is 10.6. The first kappa shape index (κ1) is 14.7. The van der Waals surface area contributed by atoms with Crippen LogP contribution in [0.25, 0.3) is 20.9 Å². The molecule has 0 aliphatic carbocycles. The van der Waals surface area contributed by atoms with Crippen LogP contribution in [0.5, 0.6) is 0 Å². The Labute approximate surface area is 135 Å². The normalized spacial score (nSPS) is 10.6. The minimum atomic E-state index is -0.898. The molecule has 0 saturated carbocycles. The second-order valence-electron chi connectivity index (χ2n) is 4.82. The molecule has 22 heavy (non-hydrogen) atoms. The van der Waals surface area contributed by atoms with Crippen molar-refractivity contribution in [3.05, 3.63) is 57.8 Å². The average molecular weight is 328 g/mol. The highest BCUT2D eigenvalue weighted by molar-refractivity contribution is 7.17. The maximum atomic E-state index is 11.0. The van der Waals surface area contributed by atoms with Crippen LogP contribution >= 0.6 is 22.7 Å². The van der Waals surface area contributed by atoms with Crippen LogP contribution in [-0.2, 0) is 0 Å². The fourth-order valence-corrected chi connectivity index (χ4v) is 4.02. The Morgan fingerprint density at radius 1 is 1.05 bits per heavy atom. The van der Waals surface area contributed by atoms with Gasteiger partial charge in [-0.2, -0.15) is 0 Å². The summed E-state index contributed by atoms with van der Waals surface area (Å²) in [7, 11) is 0. The van der Waals surface area contributed by atoms with Crippen molar-refractivity contribution in [3.63, 3.8) is 0 Å². The van der Waals surface area contributed by atoms with E-state index in [1.807, 2.05) is 37.3 Å². The fraction of sp³-hybridized carbons (Fsp3) is 0.0588. The van der Waals surface area contributed by atoms with E-state index in [9.17, 15) is 9.59 Å². The molecular formula is C17H12O3S2. The molecular weight excluding hydrogens is 316 g/mol. The van der Waals surface area contributed by atoms with E-state index in [-0.39, 0.29) is 0 Å². The number of thiophene rings is 2. The molecule has 0 aliphatic rings. The number of rotatable bonds is 4. The average Bonchev–Trinajstić information content (AvgIpc) is 3.16. The molecule has 1 aromatic carbocycles. The van der Waals surface area contributed by atoms with Crippen molar-refractivity contribution in [1.82, 2.24) is 0 Å². The quantitative estimate of drug-likeness (QED) is 0.688. The summed E-state index contributed by atoms with van der Waals surface area (Å²) in [6.07, 6.45) is 0.856. The standard InChI is InChI=1S/C17H12O3S2/c1-10-8-11(14-5-3-12(9-18)21-14)2-4-13(10)15-6-7-16(22-15)17(19)20/h2-9H,1H3,(H,19,20). The van der Waals surface area contributed by atoms with E-state index in [0.717, 1.165) is 32.7 Å². The lowest BCUT2D eigenvalue weighted by molar-refractivity contribution is 0.0702. The molecule has 2 aromatic heterocycles. The fourth-order valence-electron chi connectivity index (χ4n) is 2.26. The SMILES string of the molecule is Cc1cc(-c2ccc(C=O)s2)ccc1-c1ccc(C(=O)O)s1. The van der Waals surface area contributed by atoms with Gasteiger partial charge in [0, 0.05) is 9.75 Å². The molecule has 0 saturated heterocycles. The van der Waals surface area contributed by atoms with E-state index >= 15 is 0 Å². The van der Waals surface area contributed by atoms with E-state index in [2.05, 4.69) is 6.07 Å². The lowest BCUT2D eigenvalue weighted by atomic mass is 10.0. The predicted octanol–water partition coefficient (Wildman–Crippen LogP) is 4.96. The zero-order valence-electron chi connectivity index (χ0n) is 11.7. The van der Waals surface area contributed by atoms with Gasteiger partial charge in [0.05, 0.1) is 4.88 Å². The van der Waals surface area contributed by atoms with Crippen LogP contribution < -0.4 is 0 Å². The van der Waals surface area contributed by atoms with Crippen molar-refractivity contribution >= 4 is 34.9 Å². The van der Waals surface area contributed by atoms with Crippen LogP contribution in [0.15, 0.2) is 42.5 Å². The predicted molar refractivity (Wildman–Crippen MR) is 90.2 cm³/mol. The van der Waals surface area contributed by atoms with Gasteiger partial charge in [0.15, 0.2) is 6.29 Å². The molecule has 3 nitrogen and oxygen atoms in total. The van der Waals surface area contributed by atoms with E-state index in [4.69, 9.17) is 5.11 Å². The molecule has 0 spiro atoms. The van der Waals surface area contributed by atoms with Crippen LogP contribution in [0.3, 0.4) is 0 Å². The van der Waals surface area contributed by atoms with Gasteiger partial charge in [-0.25, -0.2) is 4.79 Å². The summed E-state index contributed by atoms with van der Waals surface area (Å²) in [4.78, 5) is 24.8. The van der Waals surface area contributed by atoms with Crippen molar-refractivity contribution < 1.29 is 14.7 Å². The molecule has 2 heterocycles. The number of carboxylic acids is 1. The van der Waals surface area contributed by atoms with E-state index < -0.39 is 5.97 Å². The number of aldehydes is 1. The summed E-state index contributed by atoms with van der Waals surface area (Å²) in [6.45, 7) is 2.01. The highest BCUT2D eigenvalue weighted by atomic mass is 32.1. The Morgan fingerprint density at radius 2 is 1.82 bits per heavy atom. The van der Waals surface area contributed by atoms with Crippen LogP contribution in [-0.4, -0.2) is 17.4 Å². The summed E-state index contributed by atoms with van der Waals surface area (Å²) in [5, 5.41) is 9.02. The highest BCUT2D eigenvalue weighted by Crippen LogP contribution is 2.34. The third-order valence-corrected chi connectivity index (χ3v) is 5.50. The molecule has 3 aromatic rings. The Balaban J connectivity index is 1.97. The Bertz CT molecular complexity index is 858. The topological polar surface area (TPSA) is 54.4 Å². The molecule has 0 bridgehead atoms. The summed E-state index contributed by atoms with van der Waals surface area (Å²) < 4.78 is 0. The van der Waals surface area contributed by atoms with Crippen molar-refractivity contribution in [3.8, 4) is 20.9 Å². The number of hydrogen-bond acceptors (Lipinski definition) is 4. The molecule has 0 radical (unpaired) electrons. The van der Waals surface area contributed by atoms with Crippen molar-refractivity contribution in [1.29, 1.82) is 0 Å². The molecule has 1 N–H and O–H groups in total. The minimum Gasteiger partial charge on any atom is -0.477 e. The zero-order chi connectivity index (χ0) is 15.7. The lowest BCUT2D eigenvalue weighted by Crippen LogP contribution is -1.89.